The zero-order valence-corrected chi connectivity index (χ0v) is 33.3. The summed E-state index contributed by atoms with van der Waals surface area (Å²) in [6.45, 7) is 18.6. The highest BCUT2D eigenvalue weighted by Crippen LogP contribution is 2.64. The van der Waals surface area contributed by atoms with Gasteiger partial charge in [-0.1, -0.05) is 177 Å². The van der Waals surface area contributed by atoms with Gasteiger partial charge in [-0.05, 0) is 113 Å². The van der Waals surface area contributed by atoms with Crippen LogP contribution in [0.5, 0.6) is 11.5 Å². The molecule has 1 aliphatic heterocycles. The summed E-state index contributed by atoms with van der Waals surface area (Å²) in [4.78, 5) is 0. The normalized spacial score (nSPS) is 15.3. The van der Waals surface area contributed by atoms with Gasteiger partial charge in [-0.25, -0.2) is 0 Å². The standard InChI is InChI=1S/C54H48O/c1-51(2,3)36-24-26-39-40-27-25-37(52(4,5)6)32-46(40)54(45(39)31-36)42-19-10-9-17-41(42)50-38(18-14-21-44(50)54)35-16-13-15-33(29-35)34-23-28-49-47(30-34)53(7,8)43-20-11-12-22-48(43)55-49/h9-32H,1-8H3. The number of hydrogen-bond donors (Lipinski definition) is 0. The van der Waals surface area contributed by atoms with Crippen molar-refractivity contribution in [3.63, 3.8) is 0 Å². The molecule has 1 spiro atoms. The van der Waals surface area contributed by atoms with Crippen LogP contribution in [0.3, 0.4) is 0 Å². The Morgan fingerprint density at radius 3 is 1.62 bits per heavy atom. The van der Waals surface area contributed by atoms with Crippen molar-refractivity contribution in [2.75, 3.05) is 0 Å². The van der Waals surface area contributed by atoms with Gasteiger partial charge in [-0.3, -0.25) is 0 Å². The van der Waals surface area contributed by atoms with E-state index in [0.29, 0.717) is 0 Å². The average Bonchev–Trinajstić information content (AvgIpc) is 3.64. The van der Waals surface area contributed by atoms with Crippen molar-refractivity contribution in [2.24, 2.45) is 0 Å². The van der Waals surface area contributed by atoms with Crippen LogP contribution in [0.15, 0.2) is 146 Å². The first kappa shape index (κ1) is 33.9. The minimum absolute atomic E-state index is 0.0201. The molecule has 0 radical (unpaired) electrons. The Bertz CT molecular complexity index is 2660. The van der Waals surface area contributed by atoms with E-state index in [1.54, 1.807) is 0 Å². The van der Waals surface area contributed by atoms with E-state index in [1.807, 2.05) is 0 Å². The Morgan fingerprint density at radius 1 is 0.382 bits per heavy atom. The van der Waals surface area contributed by atoms with Gasteiger partial charge in [0.15, 0.2) is 0 Å². The van der Waals surface area contributed by atoms with E-state index in [4.69, 9.17) is 4.74 Å². The number of hydrogen-bond acceptors (Lipinski definition) is 1. The molecule has 0 aromatic heterocycles. The van der Waals surface area contributed by atoms with Gasteiger partial charge >= 0.3 is 0 Å². The van der Waals surface area contributed by atoms with Crippen LogP contribution in [0.4, 0.5) is 0 Å². The molecule has 0 saturated carbocycles. The highest BCUT2D eigenvalue weighted by Gasteiger charge is 2.52. The molecule has 2 aliphatic carbocycles. The van der Waals surface area contributed by atoms with E-state index in [9.17, 15) is 0 Å². The average molecular weight is 713 g/mol. The predicted molar refractivity (Wildman–Crippen MR) is 230 cm³/mol. The van der Waals surface area contributed by atoms with Crippen molar-refractivity contribution < 1.29 is 4.74 Å². The maximum absolute atomic E-state index is 6.43. The lowest BCUT2D eigenvalue weighted by atomic mass is 9.68. The molecule has 0 saturated heterocycles. The molecule has 7 aromatic carbocycles. The highest BCUT2D eigenvalue weighted by molar-refractivity contribution is 6.00. The van der Waals surface area contributed by atoms with Crippen LogP contribution < -0.4 is 4.74 Å². The second-order valence-corrected chi connectivity index (χ2v) is 18.6. The zero-order chi connectivity index (χ0) is 38.1. The smallest absolute Gasteiger partial charge is 0.131 e. The van der Waals surface area contributed by atoms with Crippen molar-refractivity contribution in [1.29, 1.82) is 0 Å². The van der Waals surface area contributed by atoms with Crippen molar-refractivity contribution in [3.8, 4) is 56.0 Å². The molecule has 0 amide bonds. The third kappa shape index (κ3) is 4.78. The lowest BCUT2D eigenvalue weighted by molar-refractivity contribution is 0.418. The molecule has 0 N–H and O–H groups in total. The van der Waals surface area contributed by atoms with E-state index in [1.165, 1.54) is 89.0 Å². The maximum Gasteiger partial charge on any atom is 0.131 e. The molecule has 1 heteroatoms. The van der Waals surface area contributed by atoms with E-state index in [-0.39, 0.29) is 16.2 Å². The monoisotopic (exact) mass is 712 g/mol. The number of ether oxygens (including phenoxy) is 1. The summed E-state index contributed by atoms with van der Waals surface area (Å²) in [5.41, 5.74) is 20.4. The highest BCUT2D eigenvalue weighted by atomic mass is 16.5. The molecular formula is C54H48O. The van der Waals surface area contributed by atoms with Gasteiger partial charge in [-0.15, -0.1) is 0 Å². The van der Waals surface area contributed by atoms with Crippen molar-refractivity contribution in [1.82, 2.24) is 0 Å². The molecule has 7 aromatic rings. The summed E-state index contributed by atoms with van der Waals surface area (Å²) in [5, 5.41) is 0. The molecular weight excluding hydrogens is 665 g/mol. The third-order valence-corrected chi connectivity index (χ3v) is 12.9. The molecule has 1 heterocycles. The number of fused-ring (bicyclic) bond motifs is 12. The van der Waals surface area contributed by atoms with Crippen LogP contribution in [-0.4, -0.2) is 0 Å². The largest absolute Gasteiger partial charge is 0.457 e. The first-order valence-corrected chi connectivity index (χ1v) is 19.8. The van der Waals surface area contributed by atoms with E-state index >= 15 is 0 Å². The Balaban J connectivity index is 1.19. The second kappa shape index (κ2) is 11.4. The molecule has 3 aliphatic rings. The minimum Gasteiger partial charge on any atom is -0.457 e. The molecule has 0 atom stereocenters. The summed E-state index contributed by atoms with van der Waals surface area (Å²) in [6.07, 6.45) is 0. The fourth-order valence-corrected chi connectivity index (χ4v) is 9.89. The van der Waals surface area contributed by atoms with Crippen LogP contribution in [-0.2, 0) is 21.7 Å². The molecule has 1 nitrogen and oxygen atoms in total. The summed E-state index contributed by atoms with van der Waals surface area (Å²) < 4.78 is 6.43. The second-order valence-electron chi connectivity index (χ2n) is 18.6. The van der Waals surface area contributed by atoms with Gasteiger partial charge < -0.3 is 4.74 Å². The van der Waals surface area contributed by atoms with Crippen molar-refractivity contribution in [3.05, 3.63) is 190 Å². The van der Waals surface area contributed by atoms with Gasteiger partial charge in [-0.2, -0.15) is 0 Å². The van der Waals surface area contributed by atoms with Crippen LogP contribution in [0.1, 0.15) is 99.9 Å². The van der Waals surface area contributed by atoms with Crippen molar-refractivity contribution >= 4 is 0 Å². The number of rotatable bonds is 2. The third-order valence-electron chi connectivity index (χ3n) is 12.9. The SMILES string of the molecule is CC(C)(C)c1ccc2c(c1)C1(c3cc(C(C)(C)C)ccc3-2)c2ccccc2-c2c(-c3cccc(-c4ccc5c(c4)C(C)(C)c4ccccc4O5)c3)cccc21. The van der Waals surface area contributed by atoms with Crippen LogP contribution in [0.25, 0.3) is 44.5 Å². The first-order valence-electron chi connectivity index (χ1n) is 19.8. The van der Waals surface area contributed by atoms with Gasteiger partial charge in [0, 0.05) is 16.5 Å². The minimum atomic E-state index is -0.424. The van der Waals surface area contributed by atoms with Crippen molar-refractivity contribution in [2.45, 2.75) is 77.0 Å². The van der Waals surface area contributed by atoms with Crippen LogP contribution in [0, 0.1) is 0 Å². The van der Waals surface area contributed by atoms with E-state index < -0.39 is 5.41 Å². The number of para-hydroxylation sites is 1. The predicted octanol–water partition coefficient (Wildman–Crippen LogP) is 14.4. The van der Waals surface area contributed by atoms with E-state index in [0.717, 1.165) is 11.5 Å². The number of benzene rings is 7. The van der Waals surface area contributed by atoms with Crippen LogP contribution >= 0.6 is 0 Å². The fraction of sp³-hybridized carbons (Fsp3) is 0.222. The van der Waals surface area contributed by atoms with Crippen LogP contribution in [0.2, 0.25) is 0 Å². The molecule has 270 valence electrons. The molecule has 0 fully saturated rings. The first-order chi connectivity index (χ1) is 26.3. The molecule has 0 unspecified atom stereocenters. The fourth-order valence-electron chi connectivity index (χ4n) is 9.89. The summed E-state index contributed by atoms with van der Waals surface area (Å²) >= 11 is 0. The van der Waals surface area contributed by atoms with E-state index in [2.05, 4.69) is 201 Å². The van der Waals surface area contributed by atoms with Gasteiger partial charge in [0.2, 0.25) is 0 Å². The zero-order valence-electron chi connectivity index (χ0n) is 33.3. The molecule has 0 bridgehead atoms. The summed E-state index contributed by atoms with van der Waals surface area (Å²) in [6, 6.07) is 55.2. The van der Waals surface area contributed by atoms with Gasteiger partial charge in [0.25, 0.3) is 0 Å². The Morgan fingerprint density at radius 2 is 0.927 bits per heavy atom. The van der Waals surface area contributed by atoms with Gasteiger partial charge in [0.1, 0.15) is 11.5 Å². The lowest BCUT2D eigenvalue weighted by Crippen LogP contribution is -2.27. The quantitative estimate of drug-likeness (QED) is 0.173. The Hall–Kier alpha value is -5.66. The summed E-state index contributed by atoms with van der Waals surface area (Å²) in [7, 11) is 0. The lowest BCUT2D eigenvalue weighted by Gasteiger charge is -2.34. The Kier molecular flexibility index (Phi) is 7.04. The summed E-state index contributed by atoms with van der Waals surface area (Å²) in [5.74, 6) is 1.88. The molecule has 55 heavy (non-hydrogen) atoms. The molecule has 10 rings (SSSR count). The topological polar surface area (TPSA) is 9.23 Å². The van der Waals surface area contributed by atoms with Gasteiger partial charge in [0.05, 0.1) is 5.41 Å². The maximum atomic E-state index is 6.43. The Labute approximate surface area is 326 Å².